The quantitative estimate of drug-likeness (QED) is 0.798. The molecular formula is C18H20N2O5S. The zero-order valence-corrected chi connectivity index (χ0v) is 15.8. The number of hydrogen-bond donors (Lipinski definition) is 0. The summed E-state index contributed by atoms with van der Waals surface area (Å²) in [5.74, 6) is 0.900. The fraction of sp³-hybridized carbons (Fsp3) is 0.278. The number of nitrogens with zero attached hydrogens (tertiary/aromatic N) is 2. The number of fused-ring (bicyclic) bond motifs is 1. The Morgan fingerprint density at radius 2 is 1.73 bits per heavy atom. The smallest absolute Gasteiger partial charge is 0.264 e. The van der Waals surface area contributed by atoms with Gasteiger partial charge in [0.05, 0.1) is 31.2 Å². The molecule has 0 atom stereocenters. The summed E-state index contributed by atoms with van der Waals surface area (Å²) in [6, 6.07) is 9.63. The summed E-state index contributed by atoms with van der Waals surface area (Å²) in [6.07, 6.45) is 0.204. The van der Waals surface area contributed by atoms with Crippen molar-refractivity contribution in [2.45, 2.75) is 11.3 Å². The van der Waals surface area contributed by atoms with Crippen molar-refractivity contribution in [1.29, 1.82) is 0 Å². The number of anilines is 2. The number of benzene rings is 2. The Bertz CT molecular complexity index is 972. The number of carbonyl (C=O) groups excluding carboxylic acids is 1. The van der Waals surface area contributed by atoms with Gasteiger partial charge < -0.3 is 14.4 Å². The van der Waals surface area contributed by atoms with Crippen molar-refractivity contribution in [3.05, 3.63) is 42.0 Å². The van der Waals surface area contributed by atoms with E-state index >= 15 is 0 Å². The van der Waals surface area contributed by atoms with Crippen LogP contribution in [-0.2, 0) is 21.2 Å². The van der Waals surface area contributed by atoms with E-state index in [1.54, 1.807) is 37.4 Å². The third kappa shape index (κ3) is 2.86. The summed E-state index contributed by atoms with van der Waals surface area (Å²) >= 11 is 0. The molecule has 0 radical (unpaired) electrons. The van der Waals surface area contributed by atoms with Gasteiger partial charge in [-0.1, -0.05) is 0 Å². The zero-order chi connectivity index (χ0) is 19.1. The minimum atomic E-state index is -3.79. The Morgan fingerprint density at radius 1 is 1.04 bits per heavy atom. The number of hydrogen-bond acceptors (Lipinski definition) is 5. The topological polar surface area (TPSA) is 76.2 Å². The number of amides is 1. The Balaban J connectivity index is 1.98. The summed E-state index contributed by atoms with van der Waals surface area (Å²) < 4.78 is 37.6. The van der Waals surface area contributed by atoms with Crippen LogP contribution in [0.3, 0.4) is 0 Å². The van der Waals surface area contributed by atoms with Crippen LogP contribution >= 0.6 is 0 Å². The third-order valence-electron chi connectivity index (χ3n) is 4.52. The highest BCUT2D eigenvalue weighted by molar-refractivity contribution is 7.92. The van der Waals surface area contributed by atoms with Gasteiger partial charge in [0, 0.05) is 25.8 Å². The summed E-state index contributed by atoms with van der Waals surface area (Å²) in [5, 5.41) is 0. The van der Waals surface area contributed by atoms with Crippen LogP contribution in [0.1, 0.15) is 5.56 Å². The maximum Gasteiger partial charge on any atom is 0.264 e. The molecule has 2 aromatic rings. The minimum Gasteiger partial charge on any atom is -0.493 e. The Morgan fingerprint density at radius 3 is 2.38 bits per heavy atom. The highest BCUT2D eigenvalue weighted by Crippen LogP contribution is 2.34. The van der Waals surface area contributed by atoms with Crippen LogP contribution in [0.2, 0.25) is 0 Å². The van der Waals surface area contributed by atoms with Gasteiger partial charge in [0.15, 0.2) is 11.5 Å². The van der Waals surface area contributed by atoms with E-state index in [2.05, 4.69) is 0 Å². The van der Waals surface area contributed by atoms with E-state index in [-0.39, 0.29) is 17.2 Å². The van der Waals surface area contributed by atoms with Gasteiger partial charge in [-0.3, -0.25) is 9.10 Å². The first kappa shape index (κ1) is 18.1. The van der Waals surface area contributed by atoms with E-state index in [1.807, 2.05) is 0 Å². The molecule has 7 nitrogen and oxygen atoms in total. The normalized spacial score (nSPS) is 13.5. The standard InChI is InChI=1S/C18H20N2O5S/c1-19-15-7-6-14(9-12(15)10-18(19)21)26(22,23)20(2)13-5-8-16(24-3)17(11-13)25-4/h5-9,11H,10H2,1-4H3. The second-order valence-corrected chi connectivity index (χ2v) is 7.90. The lowest BCUT2D eigenvalue weighted by Gasteiger charge is -2.21. The molecule has 0 saturated carbocycles. The maximum atomic E-state index is 13.0. The maximum absolute atomic E-state index is 13.0. The molecule has 1 heterocycles. The van der Waals surface area contributed by atoms with Gasteiger partial charge in [-0.05, 0) is 35.9 Å². The average molecular weight is 376 g/mol. The van der Waals surface area contributed by atoms with Crippen LogP contribution < -0.4 is 18.7 Å². The fourth-order valence-corrected chi connectivity index (χ4v) is 4.16. The van der Waals surface area contributed by atoms with Crippen molar-refractivity contribution in [2.24, 2.45) is 0 Å². The molecule has 0 unspecified atom stereocenters. The van der Waals surface area contributed by atoms with Crippen molar-refractivity contribution < 1.29 is 22.7 Å². The predicted octanol–water partition coefficient (Wildman–Crippen LogP) is 2.05. The molecule has 8 heteroatoms. The Labute approximate surface area is 152 Å². The van der Waals surface area contributed by atoms with Gasteiger partial charge in [0.1, 0.15) is 0 Å². The number of sulfonamides is 1. The number of ether oxygens (including phenoxy) is 2. The predicted molar refractivity (Wildman–Crippen MR) is 98.7 cm³/mol. The van der Waals surface area contributed by atoms with Gasteiger partial charge in [-0.15, -0.1) is 0 Å². The van der Waals surface area contributed by atoms with E-state index in [1.165, 1.54) is 36.5 Å². The molecule has 2 aromatic carbocycles. The van der Waals surface area contributed by atoms with E-state index < -0.39 is 10.0 Å². The number of carbonyl (C=O) groups is 1. The van der Waals surface area contributed by atoms with Crippen molar-refractivity contribution in [3.8, 4) is 11.5 Å². The zero-order valence-electron chi connectivity index (χ0n) is 15.0. The molecule has 3 rings (SSSR count). The molecule has 138 valence electrons. The van der Waals surface area contributed by atoms with E-state index in [4.69, 9.17) is 9.47 Å². The molecule has 0 spiro atoms. The summed E-state index contributed by atoms with van der Waals surface area (Å²) in [7, 11) is 2.37. The van der Waals surface area contributed by atoms with Crippen LogP contribution in [0, 0.1) is 0 Å². The number of likely N-dealkylation sites (N-methyl/N-ethyl adjacent to an activating group) is 1. The number of methoxy groups -OCH3 is 2. The summed E-state index contributed by atoms with van der Waals surface area (Å²) in [6.45, 7) is 0. The second kappa shape index (κ2) is 6.53. The molecule has 0 saturated heterocycles. The van der Waals surface area contributed by atoms with Crippen molar-refractivity contribution in [1.82, 2.24) is 0 Å². The lowest BCUT2D eigenvalue weighted by atomic mass is 10.2. The Hall–Kier alpha value is -2.74. The van der Waals surface area contributed by atoms with E-state index in [9.17, 15) is 13.2 Å². The number of rotatable bonds is 5. The summed E-state index contributed by atoms with van der Waals surface area (Å²) in [4.78, 5) is 13.5. The molecule has 0 aromatic heterocycles. The van der Waals surface area contributed by atoms with Crippen LogP contribution in [0.4, 0.5) is 11.4 Å². The fourth-order valence-electron chi connectivity index (χ4n) is 2.92. The highest BCUT2D eigenvalue weighted by atomic mass is 32.2. The monoisotopic (exact) mass is 376 g/mol. The van der Waals surface area contributed by atoms with Crippen molar-refractivity contribution in [2.75, 3.05) is 37.5 Å². The van der Waals surface area contributed by atoms with Crippen LogP contribution in [-0.4, -0.2) is 42.6 Å². The molecule has 0 aliphatic carbocycles. The van der Waals surface area contributed by atoms with Gasteiger partial charge in [0.2, 0.25) is 5.91 Å². The van der Waals surface area contributed by atoms with Crippen molar-refractivity contribution >= 4 is 27.3 Å². The first-order chi connectivity index (χ1) is 12.3. The minimum absolute atomic E-state index is 0.0530. The first-order valence-electron chi connectivity index (χ1n) is 7.90. The van der Waals surface area contributed by atoms with E-state index in [0.717, 1.165) is 5.69 Å². The van der Waals surface area contributed by atoms with Gasteiger partial charge in [-0.25, -0.2) is 8.42 Å². The summed E-state index contributed by atoms with van der Waals surface area (Å²) in [5.41, 5.74) is 1.89. The van der Waals surface area contributed by atoms with Crippen LogP contribution in [0.15, 0.2) is 41.3 Å². The van der Waals surface area contributed by atoms with E-state index in [0.29, 0.717) is 22.7 Å². The second-order valence-electron chi connectivity index (χ2n) is 5.93. The third-order valence-corrected chi connectivity index (χ3v) is 6.30. The molecular weight excluding hydrogens is 356 g/mol. The highest BCUT2D eigenvalue weighted by Gasteiger charge is 2.28. The molecule has 1 aliphatic heterocycles. The largest absolute Gasteiger partial charge is 0.493 e. The van der Waals surface area contributed by atoms with Gasteiger partial charge in [0.25, 0.3) is 10.0 Å². The molecule has 26 heavy (non-hydrogen) atoms. The molecule has 0 fully saturated rings. The molecule has 0 bridgehead atoms. The Kier molecular flexibility index (Phi) is 4.53. The lowest BCUT2D eigenvalue weighted by Crippen LogP contribution is -2.26. The van der Waals surface area contributed by atoms with Gasteiger partial charge >= 0.3 is 0 Å². The molecule has 0 N–H and O–H groups in total. The molecule has 1 aliphatic rings. The lowest BCUT2D eigenvalue weighted by molar-refractivity contribution is -0.117. The van der Waals surface area contributed by atoms with Crippen molar-refractivity contribution in [3.63, 3.8) is 0 Å². The van der Waals surface area contributed by atoms with Crippen LogP contribution in [0.25, 0.3) is 0 Å². The first-order valence-corrected chi connectivity index (χ1v) is 9.34. The SMILES string of the molecule is COc1ccc(N(C)S(=O)(=O)c2ccc3c(c2)CC(=O)N3C)cc1OC. The van der Waals surface area contributed by atoms with Crippen LogP contribution in [0.5, 0.6) is 11.5 Å². The molecule has 1 amide bonds. The van der Waals surface area contributed by atoms with Gasteiger partial charge in [-0.2, -0.15) is 0 Å². The average Bonchev–Trinajstić information content (AvgIpc) is 2.93.